The Balaban J connectivity index is 1.28. The maximum atomic E-state index is 6.09. The van der Waals surface area contributed by atoms with E-state index in [0.29, 0.717) is 11.8 Å². The fraction of sp³-hybridized carbons (Fsp3) is 0.688. The Bertz CT molecular complexity index is 718. The van der Waals surface area contributed by atoms with Crippen molar-refractivity contribution < 1.29 is 4.74 Å². The molecular weight excluding hydrogens is 400 g/mol. The van der Waals surface area contributed by atoms with E-state index >= 15 is 0 Å². The van der Waals surface area contributed by atoms with Crippen LogP contribution in [0, 0.1) is 35.5 Å². The minimum Gasteiger partial charge on any atom is -0.493 e. The summed E-state index contributed by atoms with van der Waals surface area (Å²) < 4.78 is 6.09. The number of hydrogen-bond donors (Lipinski definition) is 0. The number of rotatable bonds is 11. The van der Waals surface area contributed by atoms with Crippen LogP contribution in [0.15, 0.2) is 36.4 Å². The van der Waals surface area contributed by atoms with Gasteiger partial charge in [-0.2, -0.15) is 0 Å². The molecule has 0 N–H and O–H groups in total. The fourth-order valence-electron chi connectivity index (χ4n) is 5.52. The maximum absolute atomic E-state index is 6.09. The second-order valence-electron chi connectivity index (χ2n) is 10.7. The Labute approximate surface area is 204 Å². The molecule has 2 fully saturated rings. The van der Waals surface area contributed by atoms with Gasteiger partial charge in [0.1, 0.15) is 5.75 Å². The number of allylic oxidation sites excluding steroid dienone is 2. The smallest absolute Gasteiger partial charge is 0.119 e. The fourth-order valence-corrected chi connectivity index (χ4v) is 5.52. The van der Waals surface area contributed by atoms with Crippen LogP contribution in [-0.2, 0) is 6.42 Å². The first-order valence-corrected chi connectivity index (χ1v) is 14.2. The Morgan fingerprint density at radius 1 is 0.818 bits per heavy atom. The van der Waals surface area contributed by atoms with Crippen molar-refractivity contribution in [2.24, 2.45) is 23.7 Å². The monoisotopic (exact) mass is 448 g/mol. The van der Waals surface area contributed by atoms with Gasteiger partial charge in [0.2, 0.25) is 0 Å². The zero-order valence-corrected chi connectivity index (χ0v) is 21.5. The van der Waals surface area contributed by atoms with Crippen LogP contribution in [0.5, 0.6) is 5.75 Å². The van der Waals surface area contributed by atoms with Crippen molar-refractivity contribution in [3.8, 4) is 17.6 Å². The van der Waals surface area contributed by atoms with Crippen LogP contribution in [0.1, 0.15) is 109 Å². The first-order valence-electron chi connectivity index (χ1n) is 14.2. The van der Waals surface area contributed by atoms with Gasteiger partial charge in [0.25, 0.3) is 0 Å². The molecule has 3 rings (SSSR count). The highest BCUT2D eigenvalue weighted by molar-refractivity contribution is 5.27. The number of benzene rings is 1. The SMILES string of the molecule is CCCCCC1CCC(C=CC#CC2CCC(COc3ccc(CCCC)cc3)CC2)CC1. The summed E-state index contributed by atoms with van der Waals surface area (Å²) in [5.41, 5.74) is 1.42. The number of aryl methyl sites for hydroxylation is 1. The Morgan fingerprint density at radius 2 is 1.52 bits per heavy atom. The zero-order valence-electron chi connectivity index (χ0n) is 21.5. The molecule has 2 saturated carbocycles. The van der Waals surface area contributed by atoms with E-state index in [1.165, 1.54) is 102 Å². The summed E-state index contributed by atoms with van der Waals surface area (Å²) in [6, 6.07) is 8.75. The Kier molecular flexibility index (Phi) is 12.0. The molecule has 0 unspecified atom stereocenters. The standard InChI is InChI=1S/C32H48O/c1-3-5-7-11-28-14-16-29(17-15-28)12-8-9-13-30-18-20-31(21-19-30)26-33-32-24-22-27(23-25-32)10-6-4-2/h8,12,22-25,28-31H,3-7,10-11,14-21,26H2,1-2H3. The van der Waals surface area contributed by atoms with E-state index in [4.69, 9.17) is 4.74 Å². The highest BCUT2D eigenvalue weighted by atomic mass is 16.5. The molecule has 0 aliphatic heterocycles. The van der Waals surface area contributed by atoms with Gasteiger partial charge in [0.15, 0.2) is 0 Å². The van der Waals surface area contributed by atoms with Crippen molar-refractivity contribution in [3.63, 3.8) is 0 Å². The van der Waals surface area contributed by atoms with Gasteiger partial charge in [0.05, 0.1) is 6.61 Å². The number of ether oxygens (including phenoxy) is 1. The molecule has 33 heavy (non-hydrogen) atoms. The highest BCUT2D eigenvalue weighted by Gasteiger charge is 2.21. The van der Waals surface area contributed by atoms with E-state index in [0.717, 1.165) is 24.2 Å². The van der Waals surface area contributed by atoms with Gasteiger partial charge in [0, 0.05) is 5.92 Å². The van der Waals surface area contributed by atoms with Crippen molar-refractivity contribution in [3.05, 3.63) is 42.0 Å². The van der Waals surface area contributed by atoms with Crippen molar-refractivity contribution in [2.45, 2.75) is 110 Å². The Hall–Kier alpha value is -1.68. The lowest BCUT2D eigenvalue weighted by atomic mass is 9.79. The summed E-state index contributed by atoms with van der Waals surface area (Å²) in [6.45, 7) is 5.41. The van der Waals surface area contributed by atoms with Crippen molar-refractivity contribution >= 4 is 0 Å². The summed E-state index contributed by atoms with van der Waals surface area (Å²) in [6.07, 6.45) is 24.5. The third-order valence-electron chi connectivity index (χ3n) is 7.92. The quantitative estimate of drug-likeness (QED) is 0.242. The molecule has 2 aliphatic rings. The predicted octanol–water partition coefficient (Wildman–Crippen LogP) is 9.16. The summed E-state index contributed by atoms with van der Waals surface area (Å²) in [4.78, 5) is 0. The molecule has 0 radical (unpaired) electrons. The third-order valence-corrected chi connectivity index (χ3v) is 7.92. The van der Waals surface area contributed by atoms with Crippen LogP contribution < -0.4 is 4.74 Å². The van der Waals surface area contributed by atoms with E-state index in [2.05, 4.69) is 62.1 Å². The molecule has 1 aromatic carbocycles. The van der Waals surface area contributed by atoms with Gasteiger partial charge in [-0.15, -0.1) is 0 Å². The minimum atomic E-state index is 0.582. The molecule has 1 nitrogen and oxygen atoms in total. The van der Waals surface area contributed by atoms with E-state index < -0.39 is 0 Å². The maximum Gasteiger partial charge on any atom is 0.119 e. The van der Waals surface area contributed by atoms with Gasteiger partial charge in [-0.25, -0.2) is 0 Å². The molecule has 0 heterocycles. The lowest BCUT2D eigenvalue weighted by molar-refractivity contribution is 0.196. The minimum absolute atomic E-state index is 0.582. The topological polar surface area (TPSA) is 9.23 Å². The molecule has 0 aromatic heterocycles. The largest absolute Gasteiger partial charge is 0.493 e. The molecule has 0 spiro atoms. The Morgan fingerprint density at radius 3 is 2.21 bits per heavy atom. The summed E-state index contributed by atoms with van der Waals surface area (Å²) >= 11 is 0. The van der Waals surface area contributed by atoms with Crippen LogP contribution in [0.3, 0.4) is 0 Å². The molecule has 182 valence electrons. The molecule has 0 atom stereocenters. The molecule has 1 aromatic rings. The first-order chi connectivity index (χ1) is 16.3. The van der Waals surface area contributed by atoms with Crippen LogP contribution in [0.4, 0.5) is 0 Å². The van der Waals surface area contributed by atoms with E-state index in [1.54, 1.807) is 0 Å². The normalized spacial score (nSPS) is 25.5. The molecule has 1 heteroatoms. The first kappa shape index (κ1) is 25.9. The average molecular weight is 449 g/mol. The molecule has 2 aliphatic carbocycles. The van der Waals surface area contributed by atoms with E-state index in [9.17, 15) is 0 Å². The second-order valence-corrected chi connectivity index (χ2v) is 10.7. The molecule has 0 bridgehead atoms. The van der Waals surface area contributed by atoms with Crippen LogP contribution in [0.25, 0.3) is 0 Å². The van der Waals surface area contributed by atoms with Gasteiger partial charge in [-0.1, -0.05) is 76.0 Å². The average Bonchev–Trinajstić information content (AvgIpc) is 2.86. The summed E-state index contributed by atoms with van der Waals surface area (Å²) in [5.74, 6) is 11.0. The number of unbranched alkanes of at least 4 members (excludes halogenated alkanes) is 3. The van der Waals surface area contributed by atoms with E-state index in [1.807, 2.05) is 0 Å². The summed E-state index contributed by atoms with van der Waals surface area (Å²) in [5, 5.41) is 0. The molecular formula is C32H48O. The van der Waals surface area contributed by atoms with Crippen molar-refractivity contribution in [1.29, 1.82) is 0 Å². The van der Waals surface area contributed by atoms with Gasteiger partial charge in [-0.05, 0) is 106 Å². The summed E-state index contributed by atoms with van der Waals surface area (Å²) in [7, 11) is 0. The van der Waals surface area contributed by atoms with Crippen LogP contribution in [-0.4, -0.2) is 6.61 Å². The van der Waals surface area contributed by atoms with Gasteiger partial charge in [-0.3, -0.25) is 0 Å². The van der Waals surface area contributed by atoms with Gasteiger partial charge >= 0.3 is 0 Å². The molecule has 0 saturated heterocycles. The van der Waals surface area contributed by atoms with Gasteiger partial charge < -0.3 is 4.74 Å². The molecule has 0 amide bonds. The van der Waals surface area contributed by atoms with Crippen molar-refractivity contribution in [2.75, 3.05) is 6.61 Å². The second kappa shape index (κ2) is 15.3. The third kappa shape index (κ3) is 10.00. The highest BCUT2D eigenvalue weighted by Crippen LogP contribution is 2.33. The predicted molar refractivity (Wildman–Crippen MR) is 143 cm³/mol. The lowest BCUT2D eigenvalue weighted by Gasteiger charge is -2.26. The van der Waals surface area contributed by atoms with Crippen LogP contribution in [0.2, 0.25) is 0 Å². The van der Waals surface area contributed by atoms with E-state index in [-0.39, 0.29) is 0 Å². The zero-order chi connectivity index (χ0) is 23.1. The van der Waals surface area contributed by atoms with Crippen LogP contribution >= 0.6 is 0 Å². The van der Waals surface area contributed by atoms with Crippen molar-refractivity contribution in [1.82, 2.24) is 0 Å². The lowest BCUT2D eigenvalue weighted by Crippen LogP contribution is -2.19. The number of hydrogen-bond acceptors (Lipinski definition) is 1.